The van der Waals surface area contributed by atoms with Gasteiger partial charge in [-0.15, -0.1) is 10.2 Å². The number of nitrogens with zero attached hydrogens (tertiary/aromatic N) is 4. The fourth-order valence-electron chi connectivity index (χ4n) is 1.65. The van der Waals surface area contributed by atoms with Gasteiger partial charge in [0, 0.05) is 11.8 Å². The quantitative estimate of drug-likeness (QED) is 0.807. The molecule has 0 atom stereocenters. The van der Waals surface area contributed by atoms with Crippen LogP contribution >= 0.6 is 0 Å². The third-order valence-corrected chi connectivity index (χ3v) is 2.29. The second-order valence-electron chi connectivity index (χ2n) is 3.53. The van der Waals surface area contributed by atoms with Gasteiger partial charge in [-0.3, -0.25) is 4.40 Å². The van der Waals surface area contributed by atoms with Gasteiger partial charge in [0.25, 0.3) is 0 Å². The van der Waals surface area contributed by atoms with Crippen molar-refractivity contribution in [1.82, 2.24) is 24.9 Å². The summed E-state index contributed by atoms with van der Waals surface area (Å²) >= 11 is 0. The van der Waals surface area contributed by atoms with Gasteiger partial charge in [0.1, 0.15) is 5.82 Å². The molecule has 2 rings (SSSR count). The maximum Gasteiger partial charge on any atom is 0.164 e. The first-order valence-corrected chi connectivity index (χ1v) is 5.11. The second kappa shape index (κ2) is 3.94. The van der Waals surface area contributed by atoms with Crippen molar-refractivity contribution in [2.24, 2.45) is 0 Å². The van der Waals surface area contributed by atoms with Gasteiger partial charge in [0.15, 0.2) is 11.5 Å². The molecule has 0 aliphatic heterocycles. The van der Waals surface area contributed by atoms with Crippen molar-refractivity contribution in [2.75, 3.05) is 6.54 Å². The Kier molecular flexibility index (Phi) is 2.64. The van der Waals surface area contributed by atoms with E-state index in [1.54, 1.807) is 0 Å². The Morgan fingerprint density at radius 2 is 2.13 bits per heavy atom. The van der Waals surface area contributed by atoms with Crippen molar-refractivity contribution < 1.29 is 0 Å². The summed E-state index contributed by atoms with van der Waals surface area (Å²) in [7, 11) is 0. The van der Waals surface area contributed by atoms with Crippen molar-refractivity contribution in [2.45, 2.75) is 27.3 Å². The molecule has 0 saturated heterocycles. The lowest BCUT2D eigenvalue weighted by Crippen LogP contribution is -2.15. The molecule has 0 aliphatic rings. The molecular formula is C10H15N5. The Balaban J connectivity index is 2.49. The van der Waals surface area contributed by atoms with Crippen LogP contribution in [-0.2, 0) is 6.54 Å². The van der Waals surface area contributed by atoms with E-state index in [1.165, 1.54) is 0 Å². The summed E-state index contributed by atoms with van der Waals surface area (Å²) in [5.74, 6) is 1.85. The Morgan fingerprint density at radius 3 is 2.87 bits per heavy atom. The molecule has 0 aromatic carbocycles. The predicted molar refractivity (Wildman–Crippen MR) is 57.6 cm³/mol. The highest BCUT2D eigenvalue weighted by molar-refractivity contribution is 5.39. The van der Waals surface area contributed by atoms with Crippen LogP contribution in [0, 0.1) is 13.8 Å². The van der Waals surface area contributed by atoms with Crippen molar-refractivity contribution in [3.8, 4) is 0 Å². The zero-order valence-corrected chi connectivity index (χ0v) is 9.28. The maximum atomic E-state index is 4.40. The van der Waals surface area contributed by atoms with Crippen LogP contribution in [0.5, 0.6) is 0 Å². The number of rotatable bonds is 3. The topological polar surface area (TPSA) is 55.1 Å². The molecule has 0 spiro atoms. The summed E-state index contributed by atoms with van der Waals surface area (Å²) < 4.78 is 1.98. The van der Waals surface area contributed by atoms with E-state index in [4.69, 9.17) is 0 Å². The van der Waals surface area contributed by atoms with Gasteiger partial charge in [-0.2, -0.15) is 0 Å². The number of fused-ring (bicyclic) bond motifs is 1. The summed E-state index contributed by atoms with van der Waals surface area (Å²) in [5, 5.41) is 11.5. The fourth-order valence-corrected chi connectivity index (χ4v) is 1.65. The Bertz CT molecular complexity index is 474. The van der Waals surface area contributed by atoms with E-state index in [0.717, 1.165) is 36.1 Å². The molecule has 5 nitrogen and oxygen atoms in total. The monoisotopic (exact) mass is 205 g/mol. The minimum atomic E-state index is 0.725. The zero-order valence-electron chi connectivity index (χ0n) is 9.28. The first-order valence-electron chi connectivity index (χ1n) is 5.11. The lowest BCUT2D eigenvalue weighted by molar-refractivity contribution is 0.677. The molecule has 2 aromatic rings. The predicted octanol–water partition coefficient (Wildman–Crippen LogP) is 0.851. The van der Waals surface area contributed by atoms with Crippen molar-refractivity contribution in [3.63, 3.8) is 0 Å². The largest absolute Gasteiger partial charge is 0.310 e. The summed E-state index contributed by atoms with van der Waals surface area (Å²) in [4.78, 5) is 4.40. The van der Waals surface area contributed by atoms with Crippen LogP contribution in [0.2, 0.25) is 0 Å². The van der Waals surface area contributed by atoms with Crippen LogP contribution in [0.4, 0.5) is 0 Å². The van der Waals surface area contributed by atoms with Gasteiger partial charge in [-0.1, -0.05) is 6.92 Å². The van der Waals surface area contributed by atoms with E-state index >= 15 is 0 Å². The smallest absolute Gasteiger partial charge is 0.164 e. The van der Waals surface area contributed by atoms with Gasteiger partial charge >= 0.3 is 0 Å². The van der Waals surface area contributed by atoms with Crippen LogP contribution in [0.25, 0.3) is 5.65 Å². The normalized spacial score (nSPS) is 11.1. The van der Waals surface area contributed by atoms with E-state index in [-0.39, 0.29) is 0 Å². The molecule has 0 amide bonds. The van der Waals surface area contributed by atoms with Gasteiger partial charge < -0.3 is 5.32 Å². The number of nitrogens with one attached hydrogen (secondary N) is 1. The van der Waals surface area contributed by atoms with Gasteiger partial charge in [-0.05, 0) is 20.4 Å². The molecule has 1 N–H and O–H groups in total. The first kappa shape index (κ1) is 10.0. The molecule has 5 heteroatoms. The van der Waals surface area contributed by atoms with E-state index < -0.39 is 0 Å². The molecule has 80 valence electrons. The summed E-state index contributed by atoms with van der Waals surface area (Å²) in [6, 6.07) is 1.94. The minimum Gasteiger partial charge on any atom is -0.310 e. The van der Waals surface area contributed by atoms with Gasteiger partial charge in [-0.25, -0.2) is 4.98 Å². The number of hydrogen-bond acceptors (Lipinski definition) is 4. The van der Waals surface area contributed by atoms with E-state index in [2.05, 4.69) is 27.4 Å². The van der Waals surface area contributed by atoms with Crippen molar-refractivity contribution in [3.05, 3.63) is 23.4 Å². The van der Waals surface area contributed by atoms with Gasteiger partial charge in [0.05, 0.1) is 6.54 Å². The fraction of sp³-hybridized carbons (Fsp3) is 0.500. The molecule has 0 unspecified atom stereocenters. The van der Waals surface area contributed by atoms with E-state index in [0.29, 0.717) is 0 Å². The molecule has 0 radical (unpaired) electrons. The molecule has 2 heterocycles. The van der Waals surface area contributed by atoms with E-state index in [9.17, 15) is 0 Å². The molecule has 0 aliphatic carbocycles. The Labute approximate surface area is 88.6 Å². The molecule has 15 heavy (non-hydrogen) atoms. The molecule has 0 bridgehead atoms. The first-order chi connectivity index (χ1) is 7.22. The molecule has 0 saturated carbocycles. The lowest BCUT2D eigenvalue weighted by atomic mass is 10.4. The lowest BCUT2D eigenvalue weighted by Gasteiger charge is -2.04. The second-order valence-corrected chi connectivity index (χ2v) is 3.53. The number of hydrogen-bond donors (Lipinski definition) is 1. The molecule has 2 aromatic heterocycles. The molecular weight excluding hydrogens is 190 g/mol. The average Bonchev–Trinajstić information content (AvgIpc) is 2.58. The third-order valence-electron chi connectivity index (χ3n) is 2.29. The van der Waals surface area contributed by atoms with Crippen LogP contribution < -0.4 is 5.32 Å². The summed E-state index contributed by atoms with van der Waals surface area (Å²) in [6.45, 7) is 7.65. The number of aromatic nitrogens is 4. The van der Waals surface area contributed by atoms with Crippen LogP contribution in [0.3, 0.4) is 0 Å². The highest BCUT2D eigenvalue weighted by atomic mass is 15.3. The highest BCUT2D eigenvalue weighted by Crippen LogP contribution is 2.07. The standard InChI is InChI=1S/C10H15N5/c1-4-11-6-10-14-13-9-5-7(2)12-8(3)15(9)10/h5,11H,4,6H2,1-3H3. The Hall–Kier alpha value is -1.49. The van der Waals surface area contributed by atoms with Gasteiger partial charge in [0.2, 0.25) is 0 Å². The number of aryl methyl sites for hydroxylation is 2. The Morgan fingerprint density at radius 1 is 1.33 bits per heavy atom. The zero-order chi connectivity index (χ0) is 10.8. The van der Waals surface area contributed by atoms with Crippen LogP contribution in [0.1, 0.15) is 24.3 Å². The minimum absolute atomic E-state index is 0.725. The van der Waals surface area contributed by atoms with Crippen molar-refractivity contribution >= 4 is 5.65 Å². The highest BCUT2D eigenvalue weighted by Gasteiger charge is 2.07. The SMILES string of the molecule is CCNCc1nnc2cc(C)nc(C)n12. The average molecular weight is 205 g/mol. The summed E-state index contributed by atoms with van der Waals surface area (Å²) in [6.07, 6.45) is 0. The van der Waals surface area contributed by atoms with Crippen LogP contribution in [-0.4, -0.2) is 26.1 Å². The third kappa shape index (κ3) is 1.83. The van der Waals surface area contributed by atoms with Crippen molar-refractivity contribution in [1.29, 1.82) is 0 Å². The maximum absolute atomic E-state index is 4.40. The summed E-state index contributed by atoms with van der Waals surface area (Å²) in [5.41, 5.74) is 1.84. The molecule has 0 fully saturated rings. The van der Waals surface area contributed by atoms with E-state index in [1.807, 2.05) is 24.3 Å². The van der Waals surface area contributed by atoms with Crippen LogP contribution in [0.15, 0.2) is 6.07 Å².